The van der Waals surface area contributed by atoms with Gasteiger partial charge in [-0.15, -0.1) is 0 Å². The summed E-state index contributed by atoms with van der Waals surface area (Å²) >= 11 is 0. The highest BCUT2D eigenvalue weighted by Crippen LogP contribution is 2.16. The summed E-state index contributed by atoms with van der Waals surface area (Å²) in [5.41, 5.74) is 1.83. The zero-order valence-corrected chi connectivity index (χ0v) is 12.6. The first-order valence-corrected chi connectivity index (χ1v) is 7.16. The Kier molecular flexibility index (Phi) is 5.15. The number of likely N-dealkylation sites (tertiary alicyclic amines) is 1. The minimum Gasteiger partial charge on any atom is -0.465 e. The molecule has 0 aromatic heterocycles. The number of methoxy groups -OCH3 is 1. The van der Waals surface area contributed by atoms with E-state index >= 15 is 0 Å². The largest absolute Gasteiger partial charge is 0.465 e. The molecule has 0 N–H and O–H groups in total. The normalized spacial score (nSPS) is 19.5. The Balaban J connectivity index is 1.87. The van der Waals surface area contributed by atoms with Crippen molar-refractivity contribution in [3.05, 3.63) is 35.4 Å². The first kappa shape index (κ1) is 15.0. The van der Waals surface area contributed by atoms with Gasteiger partial charge in [-0.25, -0.2) is 4.79 Å². The van der Waals surface area contributed by atoms with Crippen molar-refractivity contribution in [3.63, 3.8) is 0 Å². The van der Waals surface area contributed by atoms with Crippen LogP contribution in [0.5, 0.6) is 0 Å². The molecule has 1 fully saturated rings. The molecule has 110 valence electrons. The zero-order valence-electron chi connectivity index (χ0n) is 12.6. The molecule has 1 saturated heterocycles. The smallest absolute Gasteiger partial charge is 0.337 e. The third-order valence-corrected chi connectivity index (χ3v) is 4.02. The maximum atomic E-state index is 11.4. The van der Waals surface area contributed by atoms with Crippen molar-refractivity contribution in [2.24, 2.45) is 0 Å². The highest BCUT2D eigenvalue weighted by Gasteiger charge is 2.21. The molecule has 1 heterocycles. The van der Waals surface area contributed by atoms with Gasteiger partial charge in [0.1, 0.15) is 0 Å². The van der Waals surface area contributed by atoms with Crippen LogP contribution in [0.3, 0.4) is 0 Å². The lowest BCUT2D eigenvalue weighted by Gasteiger charge is -2.25. The van der Waals surface area contributed by atoms with Crippen LogP contribution in [0.2, 0.25) is 0 Å². The van der Waals surface area contributed by atoms with Crippen LogP contribution in [-0.4, -0.2) is 56.1 Å². The van der Waals surface area contributed by atoms with E-state index in [0.29, 0.717) is 11.6 Å². The van der Waals surface area contributed by atoms with E-state index in [1.54, 1.807) is 0 Å². The van der Waals surface area contributed by atoms with Gasteiger partial charge in [-0.1, -0.05) is 12.1 Å². The first-order chi connectivity index (χ1) is 9.60. The highest BCUT2D eigenvalue weighted by atomic mass is 16.5. The van der Waals surface area contributed by atoms with Crippen LogP contribution in [0, 0.1) is 0 Å². The lowest BCUT2D eigenvalue weighted by Crippen LogP contribution is -2.36. The van der Waals surface area contributed by atoms with Gasteiger partial charge in [0.15, 0.2) is 0 Å². The quantitative estimate of drug-likeness (QED) is 0.770. The van der Waals surface area contributed by atoms with Gasteiger partial charge in [0.2, 0.25) is 0 Å². The second-order valence-electron chi connectivity index (χ2n) is 5.66. The van der Waals surface area contributed by atoms with E-state index in [2.05, 4.69) is 23.9 Å². The van der Waals surface area contributed by atoms with Crippen molar-refractivity contribution in [2.45, 2.75) is 25.4 Å². The van der Waals surface area contributed by atoms with Gasteiger partial charge >= 0.3 is 5.97 Å². The van der Waals surface area contributed by atoms with Gasteiger partial charge < -0.3 is 14.5 Å². The fourth-order valence-corrected chi connectivity index (χ4v) is 2.81. The fourth-order valence-electron chi connectivity index (χ4n) is 2.81. The summed E-state index contributed by atoms with van der Waals surface area (Å²) in [6.45, 7) is 3.22. The van der Waals surface area contributed by atoms with Crippen LogP contribution in [0.4, 0.5) is 0 Å². The van der Waals surface area contributed by atoms with Crippen LogP contribution in [0.15, 0.2) is 24.3 Å². The lowest BCUT2D eigenvalue weighted by molar-refractivity contribution is 0.0600. The van der Waals surface area contributed by atoms with Crippen molar-refractivity contribution in [1.82, 2.24) is 9.80 Å². The summed E-state index contributed by atoms with van der Waals surface area (Å²) in [5, 5.41) is 0. The maximum Gasteiger partial charge on any atom is 0.337 e. The molecule has 4 heteroatoms. The van der Waals surface area contributed by atoms with E-state index in [1.807, 2.05) is 24.3 Å². The maximum absolute atomic E-state index is 11.4. The van der Waals surface area contributed by atoms with Gasteiger partial charge in [-0.2, -0.15) is 0 Å². The van der Waals surface area contributed by atoms with Crippen molar-refractivity contribution in [3.8, 4) is 0 Å². The summed E-state index contributed by atoms with van der Waals surface area (Å²) in [7, 11) is 5.76. The Morgan fingerprint density at radius 2 is 2.10 bits per heavy atom. The third-order valence-electron chi connectivity index (χ3n) is 4.02. The molecular formula is C16H24N2O2. The lowest BCUT2D eigenvalue weighted by atomic mass is 10.1. The molecule has 0 spiro atoms. The van der Waals surface area contributed by atoms with Crippen LogP contribution in [0.1, 0.15) is 28.8 Å². The van der Waals surface area contributed by atoms with E-state index in [0.717, 1.165) is 13.1 Å². The van der Waals surface area contributed by atoms with E-state index in [9.17, 15) is 4.79 Å². The molecule has 20 heavy (non-hydrogen) atoms. The average molecular weight is 276 g/mol. The van der Waals surface area contributed by atoms with Gasteiger partial charge in [0, 0.05) is 19.1 Å². The Hall–Kier alpha value is -1.39. The van der Waals surface area contributed by atoms with Gasteiger partial charge in [0.25, 0.3) is 0 Å². The van der Waals surface area contributed by atoms with Crippen LogP contribution in [-0.2, 0) is 11.3 Å². The standard InChI is InChI=1S/C16H24N2O2/c1-17(12-15-5-4-10-18(15)2)11-13-6-8-14(9-7-13)16(19)20-3/h6-9,15H,4-5,10-12H2,1-3H3. The highest BCUT2D eigenvalue weighted by molar-refractivity contribution is 5.89. The molecule has 1 unspecified atom stereocenters. The molecule has 1 aromatic rings. The van der Waals surface area contributed by atoms with Crippen LogP contribution < -0.4 is 0 Å². The minimum atomic E-state index is -0.280. The molecule has 0 saturated carbocycles. The van der Waals surface area contributed by atoms with E-state index in [1.165, 1.54) is 32.1 Å². The van der Waals surface area contributed by atoms with E-state index in [-0.39, 0.29) is 5.97 Å². The number of hydrogen-bond donors (Lipinski definition) is 0. The van der Waals surface area contributed by atoms with Crippen LogP contribution in [0.25, 0.3) is 0 Å². The molecule has 0 bridgehead atoms. The number of carbonyl (C=O) groups is 1. The molecular weight excluding hydrogens is 252 g/mol. The molecule has 1 aliphatic heterocycles. The van der Waals surface area contributed by atoms with Gasteiger partial charge in [0.05, 0.1) is 12.7 Å². The van der Waals surface area contributed by atoms with Crippen molar-refractivity contribution in [2.75, 3.05) is 34.3 Å². The van der Waals surface area contributed by atoms with Gasteiger partial charge in [-0.3, -0.25) is 0 Å². The number of ether oxygens (including phenoxy) is 1. The SMILES string of the molecule is COC(=O)c1ccc(CN(C)CC2CCCN2C)cc1. The number of carbonyl (C=O) groups excluding carboxylic acids is 1. The Morgan fingerprint density at radius 3 is 2.65 bits per heavy atom. The first-order valence-electron chi connectivity index (χ1n) is 7.16. The predicted molar refractivity (Wildman–Crippen MR) is 79.8 cm³/mol. The number of rotatable bonds is 5. The Bertz CT molecular complexity index is 444. The summed E-state index contributed by atoms with van der Waals surface area (Å²) < 4.78 is 4.70. The third kappa shape index (κ3) is 3.81. The fraction of sp³-hybridized carbons (Fsp3) is 0.562. The molecule has 1 aromatic carbocycles. The second kappa shape index (κ2) is 6.86. The summed E-state index contributed by atoms with van der Waals surface area (Å²) in [5.74, 6) is -0.280. The monoisotopic (exact) mass is 276 g/mol. The Morgan fingerprint density at radius 1 is 1.40 bits per heavy atom. The van der Waals surface area contributed by atoms with E-state index in [4.69, 9.17) is 4.74 Å². The van der Waals surface area contributed by atoms with Crippen molar-refractivity contribution >= 4 is 5.97 Å². The van der Waals surface area contributed by atoms with Crippen LogP contribution >= 0.6 is 0 Å². The minimum absolute atomic E-state index is 0.280. The number of nitrogens with zero attached hydrogens (tertiary/aromatic N) is 2. The molecule has 1 aliphatic rings. The average Bonchev–Trinajstić information content (AvgIpc) is 2.84. The zero-order chi connectivity index (χ0) is 14.5. The predicted octanol–water partition coefficient (Wildman–Crippen LogP) is 2.00. The number of hydrogen-bond acceptors (Lipinski definition) is 4. The molecule has 0 aliphatic carbocycles. The molecule has 0 amide bonds. The summed E-state index contributed by atoms with van der Waals surface area (Å²) in [6.07, 6.45) is 2.60. The molecule has 0 radical (unpaired) electrons. The Labute approximate surface area is 121 Å². The molecule has 4 nitrogen and oxygen atoms in total. The summed E-state index contributed by atoms with van der Waals surface area (Å²) in [4.78, 5) is 16.2. The molecule has 2 rings (SSSR count). The second-order valence-corrected chi connectivity index (χ2v) is 5.66. The number of likely N-dealkylation sites (N-methyl/N-ethyl adjacent to an activating group) is 2. The van der Waals surface area contributed by atoms with Crippen molar-refractivity contribution < 1.29 is 9.53 Å². The van der Waals surface area contributed by atoms with Crippen molar-refractivity contribution in [1.29, 1.82) is 0 Å². The number of esters is 1. The topological polar surface area (TPSA) is 32.8 Å². The van der Waals surface area contributed by atoms with E-state index < -0.39 is 0 Å². The van der Waals surface area contributed by atoms with Gasteiger partial charge in [-0.05, 0) is 51.2 Å². The summed E-state index contributed by atoms with van der Waals surface area (Å²) in [6, 6.07) is 8.34. The number of benzene rings is 1. The molecule has 1 atom stereocenters.